The lowest BCUT2D eigenvalue weighted by molar-refractivity contribution is -0.116. The SMILES string of the molecule is CCC(C)NCCC(=O)Nc1ccccc1F. The second kappa shape index (κ2) is 7.01. The standard InChI is InChI=1S/C13H19FN2O/c1-3-10(2)15-9-8-13(17)16-12-7-5-4-6-11(12)14/h4-7,10,15H,3,8-9H2,1-2H3,(H,16,17). The average molecular weight is 238 g/mol. The first kappa shape index (κ1) is 13.6. The molecule has 0 bridgehead atoms. The fraction of sp³-hybridized carbons (Fsp3) is 0.462. The highest BCUT2D eigenvalue weighted by Crippen LogP contribution is 2.12. The molecule has 0 aromatic heterocycles. The van der Waals surface area contributed by atoms with E-state index in [4.69, 9.17) is 0 Å². The highest BCUT2D eigenvalue weighted by Gasteiger charge is 2.06. The maximum Gasteiger partial charge on any atom is 0.225 e. The van der Waals surface area contributed by atoms with Crippen LogP contribution >= 0.6 is 0 Å². The number of halogens is 1. The number of benzene rings is 1. The first-order valence-corrected chi connectivity index (χ1v) is 5.91. The molecule has 0 saturated carbocycles. The molecule has 0 spiro atoms. The summed E-state index contributed by atoms with van der Waals surface area (Å²) in [7, 11) is 0. The summed E-state index contributed by atoms with van der Waals surface area (Å²) in [5.74, 6) is -0.582. The fourth-order valence-electron chi connectivity index (χ4n) is 1.35. The van der Waals surface area contributed by atoms with Crippen molar-refractivity contribution >= 4 is 11.6 Å². The minimum absolute atomic E-state index is 0.175. The molecule has 0 saturated heterocycles. The molecule has 1 amide bonds. The molecule has 94 valence electrons. The van der Waals surface area contributed by atoms with Gasteiger partial charge in [0.1, 0.15) is 5.82 Å². The van der Waals surface area contributed by atoms with Crippen molar-refractivity contribution in [2.45, 2.75) is 32.7 Å². The van der Waals surface area contributed by atoms with Crippen molar-refractivity contribution in [1.29, 1.82) is 0 Å². The topological polar surface area (TPSA) is 41.1 Å². The van der Waals surface area contributed by atoms with Crippen LogP contribution in [0.25, 0.3) is 0 Å². The van der Waals surface area contributed by atoms with Crippen LogP contribution in [0.3, 0.4) is 0 Å². The van der Waals surface area contributed by atoms with Crippen molar-refractivity contribution in [3.63, 3.8) is 0 Å². The molecule has 0 aliphatic heterocycles. The van der Waals surface area contributed by atoms with Crippen LogP contribution in [0.2, 0.25) is 0 Å². The second-order valence-electron chi connectivity index (χ2n) is 4.04. The molecule has 2 N–H and O–H groups in total. The van der Waals surface area contributed by atoms with Gasteiger partial charge in [-0.1, -0.05) is 19.1 Å². The van der Waals surface area contributed by atoms with E-state index >= 15 is 0 Å². The van der Waals surface area contributed by atoms with Gasteiger partial charge >= 0.3 is 0 Å². The average Bonchev–Trinajstić information content (AvgIpc) is 2.32. The van der Waals surface area contributed by atoms with Crippen molar-refractivity contribution < 1.29 is 9.18 Å². The van der Waals surface area contributed by atoms with Gasteiger partial charge in [0.15, 0.2) is 0 Å². The predicted octanol–water partition coefficient (Wildman–Crippen LogP) is 2.54. The lowest BCUT2D eigenvalue weighted by Gasteiger charge is -2.11. The number of nitrogens with one attached hydrogen (secondary N) is 2. The van der Waals surface area contributed by atoms with Crippen molar-refractivity contribution in [2.75, 3.05) is 11.9 Å². The van der Waals surface area contributed by atoms with Crippen LogP contribution in [-0.2, 0) is 4.79 Å². The van der Waals surface area contributed by atoms with Crippen molar-refractivity contribution in [3.05, 3.63) is 30.1 Å². The van der Waals surface area contributed by atoms with Gasteiger partial charge in [-0.15, -0.1) is 0 Å². The van der Waals surface area contributed by atoms with Crippen LogP contribution in [0.1, 0.15) is 26.7 Å². The van der Waals surface area contributed by atoms with E-state index in [1.807, 2.05) is 0 Å². The zero-order valence-electron chi connectivity index (χ0n) is 10.3. The Labute approximate surface area is 101 Å². The van der Waals surface area contributed by atoms with Gasteiger partial charge in [0.25, 0.3) is 0 Å². The van der Waals surface area contributed by atoms with Crippen LogP contribution in [0.5, 0.6) is 0 Å². The monoisotopic (exact) mass is 238 g/mol. The first-order valence-electron chi connectivity index (χ1n) is 5.91. The van der Waals surface area contributed by atoms with Crippen LogP contribution in [0, 0.1) is 5.82 Å². The Hall–Kier alpha value is -1.42. The fourth-order valence-corrected chi connectivity index (χ4v) is 1.35. The molecule has 3 nitrogen and oxygen atoms in total. The summed E-state index contributed by atoms with van der Waals surface area (Å²) in [5.41, 5.74) is 0.237. The third kappa shape index (κ3) is 4.95. The normalized spacial score (nSPS) is 12.2. The number of anilines is 1. The Kier molecular flexibility index (Phi) is 5.63. The summed E-state index contributed by atoms with van der Waals surface area (Å²) in [5, 5.41) is 5.76. The van der Waals surface area contributed by atoms with E-state index in [2.05, 4.69) is 24.5 Å². The number of amides is 1. The molecule has 1 atom stereocenters. The molecular formula is C13H19FN2O. The molecule has 0 heterocycles. The van der Waals surface area contributed by atoms with Gasteiger partial charge in [0.05, 0.1) is 5.69 Å². The second-order valence-corrected chi connectivity index (χ2v) is 4.04. The van der Waals surface area contributed by atoms with Crippen LogP contribution in [-0.4, -0.2) is 18.5 Å². The smallest absolute Gasteiger partial charge is 0.225 e. The maximum atomic E-state index is 13.2. The lowest BCUT2D eigenvalue weighted by atomic mass is 10.2. The molecule has 1 aromatic carbocycles. The minimum Gasteiger partial charge on any atom is -0.324 e. The van der Waals surface area contributed by atoms with Crippen molar-refractivity contribution in [2.24, 2.45) is 0 Å². The van der Waals surface area contributed by atoms with Crippen LogP contribution < -0.4 is 10.6 Å². The summed E-state index contributed by atoms with van der Waals surface area (Å²) in [4.78, 5) is 11.5. The summed E-state index contributed by atoms with van der Waals surface area (Å²) in [6.07, 6.45) is 1.37. The van der Waals surface area contributed by atoms with Gasteiger partial charge < -0.3 is 10.6 Å². The van der Waals surface area contributed by atoms with E-state index in [0.29, 0.717) is 19.0 Å². The van der Waals surface area contributed by atoms with E-state index < -0.39 is 5.82 Å². The Balaban J connectivity index is 2.33. The van der Waals surface area contributed by atoms with Crippen LogP contribution in [0.15, 0.2) is 24.3 Å². The first-order chi connectivity index (χ1) is 8.13. The molecule has 17 heavy (non-hydrogen) atoms. The lowest BCUT2D eigenvalue weighted by Crippen LogP contribution is -2.29. The number of hydrogen-bond acceptors (Lipinski definition) is 2. The van der Waals surface area contributed by atoms with Gasteiger partial charge in [-0.2, -0.15) is 0 Å². The van der Waals surface area contributed by atoms with Gasteiger partial charge in [0, 0.05) is 19.0 Å². The molecule has 0 fully saturated rings. The highest BCUT2D eigenvalue weighted by molar-refractivity contribution is 5.90. The quantitative estimate of drug-likeness (QED) is 0.799. The minimum atomic E-state index is -0.407. The van der Waals surface area contributed by atoms with E-state index in [9.17, 15) is 9.18 Å². The third-order valence-corrected chi connectivity index (χ3v) is 2.61. The van der Waals surface area contributed by atoms with E-state index in [1.54, 1.807) is 18.2 Å². The Morgan fingerprint density at radius 2 is 2.12 bits per heavy atom. The Morgan fingerprint density at radius 3 is 2.76 bits per heavy atom. The number of rotatable bonds is 6. The van der Waals surface area contributed by atoms with E-state index in [0.717, 1.165) is 6.42 Å². The number of hydrogen-bond donors (Lipinski definition) is 2. The van der Waals surface area contributed by atoms with Gasteiger partial charge in [-0.3, -0.25) is 4.79 Å². The largest absolute Gasteiger partial charge is 0.324 e. The molecule has 0 aliphatic rings. The predicted molar refractivity (Wildman–Crippen MR) is 67.4 cm³/mol. The van der Waals surface area contributed by atoms with E-state index in [-0.39, 0.29) is 11.6 Å². The molecule has 1 aromatic rings. The molecule has 1 rings (SSSR count). The highest BCUT2D eigenvalue weighted by atomic mass is 19.1. The van der Waals surface area contributed by atoms with Gasteiger partial charge in [0.2, 0.25) is 5.91 Å². The summed E-state index contributed by atoms with van der Waals surface area (Å²) >= 11 is 0. The maximum absolute atomic E-state index is 13.2. The summed E-state index contributed by atoms with van der Waals surface area (Å²) in [6, 6.07) is 6.56. The summed E-state index contributed by atoms with van der Waals surface area (Å²) in [6.45, 7) is 4.75. The molecule has 4 heteroatoms. The number of carbonyl (C=O) groups excluding carboxylic acids is 1. The van der Waals surface area contributed by atoms with Crippen LogP contribution in [0.4, 0.5) is 10.1 Å². The molecule has 0 aliphatic carbocycles. The zero-order chi connectivity index (χ0) is 12.7. The zero-order valence-corrected chi connectivity index (χ0v) is 10.3. The van der Waals surface area contributed by atoms with Crippen molar-refractivity contribution in [3.8, 4) is 0 Å². The number of carbonyl (C=O) groups is 1. The molecule has 1 unspecified atom stereocenters. The van der Waals surface area contributed by atoms with Crippen molar-refractivity contribution in [1.82, 2.24) is 5.32 Å². The van der Waals surface area contributed by atoms with E-state index in [1.165, 1.54) is 6.07 Å². The van der Waals surface area contributed by atoms with Gasteiger partial charge in [-0.05, 0) is 25.5 Å². The third-order valence-electron chi connectivity index (χ3n) is 2.61. The molecule has 0 radical (unpaired) electrons. The summed E-state index contributed by atoms with van der Waals surface area (Å²) < 4.78 is 13.2. The van der Waals surface area contributed by atoms with Gasteiger partial charge in [-0.25, -0.2) is 4.39 Å². The Morgan fingerprint density at radius 1 is 1.41 bits per heavy atom. The number of para-hydroxylation sites is 1. The molecular weight excluding hydrogens is 219 g/mol. The Bertz CT molecular complexity index is 368.